The lowest BCUT2D eigenvalue weighted by atomic mass is 10.1. The number of likely N-dealkylation sites (tertiary alicyclic amines) is 1. The molecule has 1 saturated heterocycles. The van der Waals surface area contributed by atoms with Gasteiger partial charge < -0.3 is 20.3 Å². The lowest BCUT2D eigenvalue weighted by molar-refractivity contribution is -0.117. The van der Waals surface area contributed by atoms with Crippen LogP contribution in [-0.4, -0.2) is 42.6 Å². The molecule has 4 rings (SSSR count). The second-order valence-corrected chi connectivity index (χ2v) is 7.37. The first kappa shape index (κ1) is 19.1. The lowest BCUT2D eigenvalue weighted by Gasteiger charge is -2.32. The van der Waals surface area contributed by atoms with E-state index in [1.54, 1.807) is 11.0 Å². The van der Waals surface area contributed by atoms with Crippen molar-refractivity contribution < 1.29 is 14.3 Å². The normalized spacial score (nSPS) is 16.3. The number of urea groups is 1. The van der Waals surface area contributed by atoms with Gasteiger partial charge >= 0.3 is 6.03 Å². The number of hydrogen-bond donors (Lipinski definition) is 2. The Kier molecular flexibility index (Phi) is 5.79. The lowest BCUT2D eigenvalue weighted by Crippen LogP contribution is -2.47. The second kappa shape index (κ2) is 8.82. The van der Waals surface area contributed by atoms with Crippen LogP contribution in [0, 0.1) is 0 Å². The molecule has 0 aromatic heterocycles. The zero-order valence-electron chi connectivity index (χ0n) is 16.3. The molecule has 2 aliphatic heterocycles. The molecule has 0 bridgehead atoms. The number of nitrogens with zero attached hydrogens (tertiary/aromatic N) is 1. The van der Waals surface area contributed by atoms with Crippen molar-refractivity contribution in [1.82, 2.24) is 10.2 Å². The molecule has 2 N–H and O–H groups in total. The van der Waals surface area contributed by atoms with Crippen molar-refractivity contribution in [2.45, 2.75) is 25.3 Å². The predicted molar refractivity (Wildman–Crippen MR) is 113 cm³/mol. The van der Waals surface area contributed by atoms with Crippen LogP contribution in [0.25, 0.3) is 6.08 Å². The Morgan fingerprint density at radius 1 is 1.07 bits per heavy atom. The Hall–Kier alpha value is -3.28. The van der Waals surface area contributed by atoms with Gasteiger partial charge in [0.05, 0.1) is 6.61 Å². The largest absolute Gasteiger partial charge is 0.493 e. The maximum atomic E-state index is 12.3. The Morgan fingerprint density at radius 2 is 1.86 bits per heavy atom. The van der Waals surface area contributed by atoms with Crippen LogP contribution in [0.15, 0.2) is 54.6 Å². The van der Waals surface area contributed by atoms with Gasteiger partial charge in [0, 0.05) is 37.3 Å². The van der Waals surface area contributed by atoms with Crippen LogP contribution in [0.2, 0.25) is 0 Å². The molecule has 0 aliphatic carbocycles. The summed E-state index contributed by atoms with van der Waals surface area (Å²) in [7, 11) is 0. The van der Waals surface area contributed by atoms with Crippen LogP contribution in [0.5, 0.6) is 5.75 Å². The first-order chi connectivity index (χ1) is 14.2. The fourth-order valence-corrected chi connectivity index (χ4v) is 3.68. The van der Waals surface area contributed by atoms with Gasteiger partial charge in [-0.05, 0) is 54.3 Å². The van der Waals surface area contributed by atoms with Crippen LogP contribution in [0.3, 0.4) is 0 Å². The van der Waals surface area contributed by atoms with Crippen LogP contribution in [0.4, 0.5) is 10.5 Å². The SMILES string of the molecule is O=C(/C=C/c1ccc2c(c1)CCO2)NC1CCN(C(=O)Nc2ccccc2)CC1. The van der Waals surface area contributed by atoms with Crippen LogP contribution in [0.1, 0.15) is 24.0 Å². The Morgan fingerprint density at radius 3 is 2.66 bits per heavy atom. The minimum atomic E-state index is -0.103. The molecule has 6 nitrogen and oxygen atoms in total. The van der Waals surface area contributed by atoms with E-state index in [0.717, 1.165) is 42.9 Å². The predicted octanol–water partition coefficient (Wildman–Crippen LogP) is 3.45. The van der Waals surface area contributed by atoms with Crippen LogP contribution >= 0.6 is 0 Å². The number of carbonyl (C=O) groups is 2. The summed E-state index contributed by atoms with van der Waals surface area (Å²) in [6.45, 7) is 1.97. The fraction of sp³-hybridized carbons (Fsp3) is 0.304. The standard InChI is InChI=1S/C23H25N3O3/c27-22(9-7-17-6-8-21-18(16-17)12-15-29-21)24-20-10-13-26(14-11-20)23(28)25-19-4-2-1-3-5-19/h1-9,16,20H,10-15H2,(H,24,27)(H,25,28)/b9-7+. The van der Waals surface area contributed by atoms with E-state index < -0.39 is 0 Å². The highest BCUT2D eigenvalue weighted by molar-refractivity contribution is 5.92. The maximum Gasteiger partial charge on any atom is 0.321 e. The Bertz CT molecular complexity index is 903. The van der Waals surface area contributed by atoms with Crippen molar-refractivity contribution in [3.05, 3.63) is 65.7 Å². The zero-order chi connectivity index (χ0) is 20.1. The molecule has 1 fully saturated rings. The van der Waals surface area contributed by atoms with Crippen molar-refractivity contribution in [2.75, 3.05) is 25.0 Å². The molecule has 0 saturated carbocycles. The van der Waals surface area contributed by atoms with E-state index in [2.05, 4.69) is 16.7 Å². The van der Waals surface area contributed by atoms with E-state index in [1.165, 1.54) is 5.56 Å². The molecule has 2 aromatic carbocycles. The number of fused-ring (bicyclic) bond motifs is 1. The van der Waals surface area contributed by atoms with Gasteiger partial charge in [-0.1, -0.05) is 24.3 Å². The van der Waals surface area contributed by atoms with Crippen molar-refractivity contribution in [1.29, 1.82) is 0 Å². The summed E-state index contributed by atoms with van der Waals surface area (Å²) in [5.74, 6) is 0.837. The number of amides is 3. The van der Waals surface area contributed by atoms with E-state index in [9.17, 15) is 9.59 Å². The number of piperidine rings is 1. The van der Waals surface area contributed by atoms with Crippen LogP contribution in [-0.2, 0) is 11.2 Å². The summed E-state index contributed by atoms with van der Waals surface area (Å²) in [6.07, 6.45) is 5.82. The minimum absolute atomic E-state index is 0.0846. The molecule has 2 aromatic rings. The first-order valence-electron chi connectivity index (χ1n) is 10.0. The number of rotatable bonds is 4. The van der Waals surface area contributed by atoms with Crippen molar-refractivity contribution >= 4 is 23.7 Å². The molecule has 0 atom stereocenters. The minimum Gasteiger partial charge on any atom is -0.493 e. The molecule has 2 aliphatic rings. The third-order valence-corrected chi connectivity index (χ3v) is 5.29. The van der Waals surface area contributed by atoms with Gasteiger partial charge in [0.1, 0.15) is 5.75 Å². The average Bonchev–Trinajstić information content (AvgIpc) is 3.21. The smallest absolute Gasteiger partial charge is 0.321 e. The van der Waals surface area contributed by atoms with E-state index in [-0.39, 0.29) is 18.0 Å². The summed E-state index contributed by atoms with van der Waals surface area (Å²) < 4.78 is 5.50. The van der Waals surface area contributed by atoms with Crippen molar-refractivity contribution in [3.63, 3.8) is 0 Å². The number of nitrogens with one attached hydrogen (secondary N) is 2. The number of ether oxygens (including phenoxy) is 1. The van der Waals surface area contributed by atoms with E-state index >= 15 is 0 Å². The van der Waals surface area contributed by atoms with Gasteiger partial charge in [0.15, 0.2) is 0 Å². The molecule has 0 spiro atoms. The number of para-hydroxylation sites is 1. The molecule has 29 heavy (non-hydrogen) atoms. The topological polar surface area (TPSA) is 70.7 Å². The summed E-state index contributed by atoms with van der Waals surface area (Å²) in [4.78, 5) is 26.4. The quantitative estimate of drug-likeness (QED) is 0.785. The fourth-order valence-electron chi connectivity index (χ4n) is 3.68. The third-order valence-electron chi connectivity index (χ3n) is 5.29. The van der Waals surface area contributed by atoms with Crippen LogP contribution < -0.4 is 15.4 Å². The number of anilines is 1. The maximum absolute atomic E-state index is 12.3. The molecule has 150 valence electrons. The highest BCUT2D eigenvalue weighted by atomic mass is 16.5. The highest BCUT2D eigenvalue weighted by Crippen LogP contribution is 2.26. The Balaban J connectivity index is 1.23. The molecular formula is C23H25N3O3. The summed E-state index contributed by atoms with van der Waals surface area (Å²) in [5.41, 5.74) is 2.97. The molecule has 6 heteroatoms. The summed E-state index contributed by atoms with van der Waals surface area (Å²) >= 11 is 0. The first-order valence-corrected chi connectivity index (χ1v) is 10.0. The average molecular weight is 391 g/mol. The molecular weight excluding hydrogens is 366 g/mol. The highest BCUT2D eigenvalue weighted by Gasteiger charge is 2.23. The monoisotopic (exact) mass is 391 g/mol. The molecule has 0 unspecified atom stereocenters. The van der Waals surface area contributed by atoms with E-state index in [0.29, 0.717) is 13.1 Å². The molecule has 2 heterocycles. The summed E-state index contributed by atoms with van der Waals surface area (Å²) in [5, 5.41) is 5.94. The van der Waals surface area contributed by atoms with Gasteiger partial charge in [-0.15, -0.1) is 0 Å². The van der Waals surface area contributed by atoms with Gasteiger partial charge in [0.2, 0.25) is 5.91 Å². The molecule has 0 radical (unpaired) electrons. The van der Waals surface area contributed by atoms with E-state index in [4.69, 9.17) is 4.74 Å². The molecule has 3 amide bonds. The van der Waals surface area contributed by atoms with Crippen molar-refractivity contribution in [3.8, 4) is 5.75 Å². The Labute approximate surface area is 170 Å². The van der Waals surface area contributed by atoms with Gasteiger partial charge in [-0.3, -0.25) is 4.79 Å². The second-order valence-electron chi connectivity index (χ2n) is 7.37. The van der Waals surface area contributed by atoms with Crippen molar-refractivity contribution in [2.24, 2.45) is 0 Å². The zero-order valence-corrected chi connectivity index (χ0v) is 16.3. The van der Waals surface area contributed by atoms with Gasteiger partial charge in [-0.25, -0.2) is 4.79 Å². The number of carbonyl (C=O) groups excluding carboxylic acids is 2. The summed E-state index contributed by atoms with van der Waals surface area (Å²) in [6, 6.07) is 15.4. The number of hydrogen-bond acceptors (Lipinski definition) is 3. The van der Waals surface area contributed by atoms with Gasteiger partial charge in [0.25, 0.3) is 0 Å². The third kappa shape index (κ3) is 4.96. The van der Waals surface area contributed by atoms with E-state index in [1.807, 2.05) is 48.5 Å². The number of benzene rings is 2. The van der Waals surface area contributed by atoms with Gasteiger partial charge in [-0.2, -0.15) is 0 Å².